The Bertz CT molecular complexity index is 1280. The van der Waals surface area contributed by atoms with Crippen molar-refractivity contribution in [2.24, 2.45) is 0 Å². The molecule has 0 atom stereocenters. The van der Waals surface area contributed by atoms with Crippen LogP contribution in [-0.2, 0) is 18.6 Å². The summed E-state index contributed by atoms with van der Waals surface area (Å²) < 4.78 is 49.3. The van der Waals surface area contributed by atoms with E-state index in [1.165, 1.54) is 17.7 Å². The highest BCUT2D eigenvalue weighted by molar-refractivity contribution is 6.31. The van der Waals surface area contributed by atoms with E-state index in [0.29, 0.717) is 22.9 Å². The Labute approximate surface area is 200 Å². The SMILES string of the molecule is CC(C)(C)c1ccc(OCc2nc3cc(Cl)ccc3n2Cc2ccc(OC(F)(F)F)cc2)cc1. The molecule has 0 amide bonds. The molecule has 1 heterocycles. The fraction of sp³-hybridized carbons (Fsp3) is 0.269. The van der Waals surface area contributed by atoms with Crippen LogP contribution in [0, 0.1) is 0 Å². The van der Waals surface area contributed by atoms with Crippen LogP contribution in [0.2, 0.25) is 5.02 Å². The van der Waals surface area contributed by atoms with Crippen LogP contribution in [0.1, 0.15) is 37.7 Å². The molecular weight excluding hydrogens is 465 g/mol. The number of rotatable bonds is 6. The maximum absolute atomic E-state index is 12.5. The van der Waals surface area contributed by atoms with Crippen LogP contribution in [0.4, 0.5) is 13.2 Å². The third-order valence-corrected chi connectivity index (χ3v) is 5.61. The highest BCUT2D eigenvalue weighted by Gasteiger charge is 2.31. The number of nitrogens with zero attached hydrogens (tertiary/aromatic N) is 2. The first-order chi connectivity index (χ1) is 16.0. The highest BCUT2D eigenvalue weighted by atomic mass is 35.5. The zero-order valence-electron chi connectivity index (χ0n) is 19.0. The quantitative estimate of drug-likeness (QED) is 0.282. The molecule has 0 aliphatic heterocycles. The van der Waals surface area contributed by atoms with E-state index in [1.807, 2.05) is 34.9 Å². The van der Waals surface area contributed by atoms with Crippen molar-refractivity contribution in [2.45, 2.75) is 45.7 Å². The zero-order valence-corrected chi connectivity index (χ0v) is 19.7. The summed E-state index contributed by atoms with van der Waals surface area (Å²) in [5.41, 5.74) is 3.61. The number of hydrogen-bond donors (Lipinski definition) is 0. The molecule has 1 aromatic heterocycles. The average molecular weight is 489 g/mol. The summed E-state index contributed by atoms with van der Waals surface area (Å²) in [5, 5.41) is 0.566. The van der Waals surface area contributed by atoms with Crippen molar-refractivity contribution in [3.63, 3.8) is 0 Å². The minimum absolute atomic E-state index is 0.0481. The summed E-state index contributed by atoms with van der Waals surface area (Å²) in [6.45, 7) is 7.07. The van der Waals surface area contributed by atoms with Gasteiger partial charge in [-0.2, -0.15) is 0 Å². The van der Waals surface area contributed by atoms with Crippen LogP contribution < -0.4 is 9.47 Å². The van der Waals surface area contributed by atoms with E-state index in [1.54, 1.807) is 24.3 Å². The Hall–Kier alpha value is -3.19. The second-order valence-corrected chi connectivity index (χ2v) is 9.44. The monoisotopic (exact) mass is 488 g/mol. The first-order valence-corrected chi connectivity index (χ1v) is 11.1. The third-order valence-electron chi connectivity index (χ3n) is 5.38. The van der Waals surface area contributed by atoms with Crippen molar-refractivity contribution in [3.8, 4) is 11.5 Å². The minimum Gasteiger partial charge on any atom is -0.486 e. The molecule has 3 aromatic carbocycles. The van der Waals surface area contributed by atoms with Gasteiger partial charge in [-0.05, 0) is 59.0 Å². The number of benzene rings is 3. The van der Waals surface area contributed by atoms with Crippen molar-refractivity contribution >= 4 is 22.6 Å². The van der Waals surface area contributed by atoms with E-state index < -0.39 is 6.36 Å². The molecule has 0 N–H and O–H groups in total. The fourth-order valence-electron chi connectivity index (χ4n) is 3.62. The highest BCUT2D eigenvalue weighted by Crippen LogP contribution is 2.27. The number of alkyl halides is 3. The van der Waals surface area contributed by atoms with Gasteiger partial charge in [-0.3, -0.25) is 0 Å². The molecule has 0 fully saturated rings. The molecule has 0 radical (unpaired) electrons. The lowest BCUT2D eigenvalue weighted by molar-refractivity contribution is -0.274. The predicted octanol–water partition coefficient (Wildman–Crippen LogP) is 7.51. The van der Waals surface area contributed by atoms with Gasteiger partial charge >= 0.3 is 6.36 Å². The summed E-state index contributed by atoms with van der Waals surface area (Å²) in [5.74, 6) is 1.13. The van der Waals surface area contributed by atoms with Crippen LogP contribution in [0.5, 0.6) is 11.5 Å². The summed E-state index contributed by atoms with van der Waals surface area (Å²) in [6.07, 6.45) is -4.73. The van der Waals surface area contributed by atoms with Crippen molar-refractivity contribution in [1.82, 2.24) is 9.55 Å². The standard InChI is InChI=1S/C26H24ClF3N2O2/c1-25(2,3)18-6-11-20(12-7-18)33-16-24-31-22-14-19(27)8-13-23(22)32(24)15-17-4-9-21(10-5-17)34-26(28,29)30/h4-14H,15-16H2,1-3H3. The van der Waals surface area contributed by atoms with Crippen LogP contribution in [0.15, 0.2) is 66.7 Å². The van der Waals surface area contributed by atoms with Crippen LogP contribution in [-0.4, -0.2) is 15.9 Å². The molecule has 8 heteroatoms. The third kappa shape index (κ3) is 5.83. The fourth-order valence-corrected chi connectivity index (χ4v) is 3.78. The number of aromatic nitrogens is 2. The lowest BCUT2D eigenvalue weighted by atomic mass is 9.87. The van der Waals surface area contributed by atoms with Gasteiger partial charge in [0.1, 0.15) is 23.9 Å². The van der Waals surface area contributed by atoms with Crippen LogP contribution >= 0.6 is 11.6 Å². The smallest absolute Gasteiger partial charge is 0.486 e. The summed E-state index contributed by atoms with van der Waals surface area (Å²) in [7, 11) is 0. The Morgan fingerprint density at radius 2 is 1.53 bits per heavy atom. The normalized spacial score (nSPS) is 12.2. The van der Waals surface area contributed by atoms with Crippen molar-refractivity contribution in [2.75, 3.05) is 0 Å². The van der Waals surface area contributed by atoms with Gasteiger partial charge in [-0.25, -0.2) is 4.98 Å². The molecule has 0 saturated carbocycles. The van der Waals surface area contributed by atoms with Gasteiger partial charge in [-0.1, -0.05) is 56.6 Å². The molecule has 0 unspecified atom stereocenters. The van der Waals surface area contributed by atoms with Crippen molar-refractivity contribution < 1.29 is 22.6 Å². The van der Waals surface area contributed by atoms with Gasteiger partial charge in [0.05, 0.1) is 11.0 Å². The van der Waals surface area contributed by atoms with Gasteiger partial charge in [0.2, 0.25) is 0 Å². The first-order valence-electron chi connectivity index (χ1n) is 10.7. The van der Waals surface area contributed by atoms with Gasteiger partial charge in [-0.15, -0.1) is 13.2 Å². The maximum atomic E-state index is 12.5. The van der Waals surface area contributed by atoms with E-state index >= 15 is 0 Å². The first kappa shape index (κ1) is 24.0. The second kappa shape index (κ2) is 9.22. The summed E-state index contributed by atoms with van der Waals surface area (Å²) in [6, 6.07) is 19.2. The molecule has 34 heavy (non-hydrogen) atoms. The van der Waals surface area contributed by atoms with Crippen molar-refractivity contribution in [3.05, 3.63) is 88.7 Å². The van der Waals surface area contributed by atoms with Gasteiger partial charge < -0.3 is 14.0 Å². The Morgan fingerprint density at radius 1 is 0.882 bits per heavy atom. The molecule has 4 rings (SSSR count). The molecule has 0 bridgehead atoms. The van der Waals surface area contributed by atoms with E-state index in [0.717, 1.165) is 16.8 Å². The average Bonchev–Trinajstić information content (AvgIpc) is 3.08. The lowest BCUT2D eigenvalue weighted by Gasteiger charge is -2.19. The molecule has 0 spiro atoms. The molecular formula is C26H24ClF3N2O2. The van der Waals surface area contributed by atoms with Gasteiger partial charge in [0.25, 0.3) is 0 Å². The summed E-state index contributed by atoms with van der Waals surface area (Å²) >= 11 is 6.15. The van der Waals surface area contributed by atoms with Gasteiger partial charge in [0.15, 0.2) is 0 Å². The lowest BCUT2D eigenvalue weighted by Crippen LogP contribution is -2.17. The molecule has 0 saturated heterocycles. The van der Waals surface area contributed by atoms with E-state index in [-0.39, 0.29) is 17.8 Å². The predicted molar refractivity (Wildman–Crippen MR) is 126 cm³/mol. The van der Waals surface area contributed by atoms with E-state index in [9.17, 15) is 13.2 Å². The second-order valence-electron chi connectivity index (χ2n) is 9.00. The van der Waals surface area contributed by atoms with Gasteiger partial charge in [0, 0.05) is 11.6 Å². The number of imidazole rings is 1. The minimum atomic E-state index is -4.73. The number of fused-ring (bicyclic) bond motifs is 1. The molecule has 4 nitrogen and oxygen atoms in total. The van der Waals surface area contributed by atoms with E-state index in [2.05, 4.69) is 30.5 Å². The molecule has 4 aromatic rings. The Balaban J connectivity index is 1.57. The van der Waals surface area contributed by atoms with Crippen LogP contribution in [0.3, 0.4) is 0 Å². The van der Waals surface area contributed by atoms with Crippen molar-refractivity contribution in [1.29, 1.82) is 0 Å². The molecule has 178 valence electrons. The topological polar surface area (TPSA) is 36.3 Å². The summed E-state index contributed by atoms with van der Waals surface area (Å²) in [4.78, 5) is 4.69. The largest absolute Gasteiger partial charge is 0.573 e. The number of hydrogen-bond acceptors (Lipinski definition) is 3. The maximum Gasteiger partial charge on any atom is 0.573 e. The molecule has 0 aliphatic rings. The number of halogens is 4. The van der Waals surface area contributed by atoms with Crippen LogP contribution in [0.25, 0.3) is 11.0 Å². The Kier molecular flexibility index (Phi) is 6.49. The molecule has 0 aliphatic carbocycles. The Morgan fingerprint density at radius 3 is 2.15 bits per heavy atom. The van der Waals surface area contributed by atoms with E-state index in [4.69, 9.17) is 16.3 Å². The number of ether oxygens (including phenoxy) is 2. The zero-order chi connectivity index (χ0) is 24.5.